The van der Waals surface area contributed by atoms with E-state index in [0.717, 1.165) is 23.9 Å². The number of hydrogen-bond donors (Lipinski definition) is 2. The molecule has 13 heteroatoms. The summed E-state index contributed by atoms with van der Waals surface area (Å²) in [4.78, 5) is 12.1. The lowest BCUT2D eigenvalue weighted by atomic mass is 10.3. The fraction of sp³-hybridized carbons (Fsp3) is 0.167. The maximum absolute atomic E-state index is 12.2. The normalized spacial score (nSPS) is 11.2. The number of aromatic nitrogens is 3. The van der Waals surface area contributed by atoms with E-state index in [1.165, 1.54) is 16.8 Å². The van der Waals surface area contributed by atoms with Crippen LogP contribution in [0.2, 0.25) is 5.02 Å². The molecular formula is C18H15ClF3N5O3S. The van der Waals surface area contributed by atoms with Gasteiger partial charge in [-0.2, -0.15) is 0 Å². The van der Waals surface area contributed by atoms with Crippen LogP contribution in [-0.4, -0.2) is 32.9 Å². The summed E-state index contributed by atoms with van der Waals surface area (Å²) in [5.41, 5.74) is 0.311. The van der Waals surface area contributed by atoms with Crippen LogP contribution < -0.4 is 20.6 Å². The number of benzene rings is 2. The molecule has 3 aromatic rings. The summed E-state index contributed by atoms with van der Waals surface area (Å²) in [6.45, 7) is 0.0598. The van der Waals surface area contributed by atoms with Gasteiger partial charge in [0.05, 0.1) is 5.75 Å². The predicted octanol–water partition coefficient (Wildman–Crippen LogP) is 3.85. The van der Waals surface area contributed by atoms with Crippen molar-refractivity contribution >= 4 is 35.0 Å². The molecule has 0 radical (unpaired) electrons. The molecular weight excluding hydrogens is 459 g/mol. The number of nitrogens with two attached hydrogens (primary N) is 1. The molecule has 0 aliphatic rings. The lowest BCUT2D eigenvalue weighted by Crippen LogP contribution is -2.18. The number of nitrogen functional groups attached to an aromatic ring is 1. The number of hydrogen-bond acceptors (Lipinski definition) is 7. The van der Waals surface area contributed by atoms with Crippen LogP contribution in [0.15, 0.2) is 53.7 Å². The number of ether oxygens (including phenoxy) is 2. The van der Waals surface area contributed by atoms with Crippen molar-refractivity contribution < 1.29 is 27.4 Å². The van der Waals surface area contributed by atoms with Crippen molar-refractivity contribution in [2.24, 2.45) is 0 Å². The number of anilines is 1. The predicted molar refractivity (Wildman–Crippen MR) is 108 cm³/mol. The molecule has 0 spiro atoms. The van der Waals surface area contributed by atoms with Crippen LogP contribution in [0.3, 0.4) is 0 Å². The van der Waals surface area contributed by atoms with Crippen molar-refractivity contribution in [3.05, 3.63) is 59.4 Å². The van der Waals surface area contributed by atoms with Gasteiger partial charge in [-0.05, 0) is 48.5 Å². The topological polar surface area (TPSA) is 104 Å². The molecule has 31 heavy (non-hydrogen) atoms. The maximum Gasteiger partial charge on any atom is 0.573 e. The molecule has 1 aromatic heterocycles. The number of rotatable bonds is 8. The molecule has 164 valence electrons. The van der Waals surface area contributed by atoms with E-state index in [9.17, 15) is 18.0 Å². The second kappa shape index (κ2) is 9.79. The first kappa shape index (κ1) is 22.6. The highest BCUT2D eigenvalue weighted by Gasteiger charge is 2.30. The van der Waals surface area contributed by atoms with E-state index in [1.807, 2.05) is 0 Å². The summed E-state index contributed by atoms with van der Waals surface area (Å²) in [6, 6.07) is 11.5. The van der Waals surface area contributed by atoms with Crippen LogP contribution in [0, 0.1) is 0 Å². The first-order valence-electron chi connectivity index (χ1n) is 8.56. The van der Waals surface area contributed by atoms with Gasteiger partial charge in [-0.3, -0.25) is 4.79 Å². The number of carbonyl (C=O) groups is 1. The molecule has 0 bridgehead atoms. The molecule has 2 aromatic carbocycles. The molecule has 3 N–H and O–H groups in total. The summed E-state index contributed by atoms with van der Waals surface area (Å²) >= 11 is 6.85. The average Bonchev–Trinajstić information content (AvgIpc) is 3.06. The second-order valence-corrected chi connectivity index (χ2v) is 7.30. The van der Waals surface area contributed by atoms with Crippen molar-refractivity contribution in [3.63, 3.8) is 0 Å². The minimum absolute atomic E-state index is 0.0474. The molecule has 0 saturated heterocycles. The van der Waals surface area contributed by atoms with E-state index in [1.54, 1.807) is 24.3 Å². The zero-order chi connectivity index (χ0) is 22.4. The van der Waals surface area contributed by atoms with Crippen LogP contribution >= 0.6 is 23.4 Å². The van der Waals surface area contributed by atoms with Gasteiger partial charge < -0.3 is 20.6 Å². The maximum atomic E-state index is 12.2. The van der Waals surface area contributed by atoms with Crippen molar-refractivity contribution in [2.75, 3.05) is 16.9 Å². The number of carbonyl (C=O) groups excluding carboxylic acids is 1. The number of amides is 1. The van der Waals surface area contributed by atoms with Gasteiger partial charge in [-0.15, -0.1) is 23.4 Å². The average molecular weight is 474 g/mol. The highest BCUT2D eigenvalue weighted by atomic mass is 35.5. The second-order valence-electron chi connectivity index (χ2n) is 5.92. The molecule has 0 saturated carbocycles. The zero-order valence-corrected chi connectivity index (χ0v) is 17.2. The Bertz CT molecular complexity index is 1030. The summed E-state index contributed by atoms with van der Waals surface area (Å²) in [7, 11) is 0. The van der Waals surface area contributed by atoms with Crippen molar-refractivity contribution in [1.82, 2.24) is 14.9 Å². The quantitative estimate of drug-likeness (QED) is 0.378. The summed E-state index contributed by atoms with van der Waals surface area (Å²) in [5.74, 6) is 6.01. The van der Waals surface area contributed by atoms with Gasteiger partial charge in [0.1, 0.15) is 18.1 Å². The van der Waals surface area contributed by atoms with E-state index in [4.69, 9.17) is 22.2 Å². The minimum Gasteiger partial charge on any atom is -0.486 e. The molecule has 0 aliphatic heterocycles. The number of alkyl halides is 3. The molecule has 3 rings (SSSR count). The van der Waals surface area contributed by atoms with Crippen molar-refractivity contribution in [3.8, 4) is 11.5 Å². The Morgan fingerprint density at radius 2 is 1.74 bits per heavy atom. The van der Waals surface area contributed by atoms with Gasteiger partial charge in [0.25, 0.3) is 0 Å². The number of nitrogens with zero attached hydrogens (tertiary/aromatic N) is 3. The summed E-state index contributed by atoms with van der Waals surface area (Å²) in [6.07, 6.45) is -4.78. The van der Waals surface area contributed by atoms with E-state index >= 15 is 0 Å². The van der Waals surface area contributed by atoms with Gasteiger partial charge in [0.15, 0.2) is 5.82 Å². The first-order chi connectivity index (χ1) is 14.7. The zero-order valence-electron chi connectivity index (χ0n) is 15.6. The van der Waals surface area contributed by atoms with Gasteiger partial charge in [0.2, 0.25) is 11.1 Å². The number of halogens is 4. The molecule has 8 nitrogen and oxygen atoms in total. The van der Waals surface area contributed by atoms with Gasteiger partial charge in [-0.1, -0.05) is 23.4 Å². The highest BCUT2D eigenvalue weighted by molar-refractivity contribution is 7.99. The van der Waals surface area contributed by atoms with Crippen molar-refractivity contribution in [1.29, 1.82) is 0 Å². The van der Waals surface area contributed by atoms with Crippen molar-refractivity contribution in [2.45, 2.75) is 18.1 Å². The van der Waals surface area contributed by atoms with E-state index in [2.05, 4.69) is 20.3 Å². The Morgan fingerprint density at radius 1 is 1.10 bits per heavy atom. The minimum atomic E-state index is -4.78. The van der Waals surface area contributed by atoms with Gasteiger partial charge in [0, 0.05) is 10.7 Å². The Morgan fingerprint density at radius 3 is 2.39 bits per heavy atom. The van der Waals surface area contributed by atoms with E-state index < -0.39 is 12.3 Å². The van der Waals surface area contributed by atoms with E-state index in [0.29, 0.717) is 27.4 Å². The van der Waals surface area contributed by atoms with E-state index in [-0.39, 0.29) is 18.1 Å². The molecule has 0 unspecified atom stereocenters. The van der Waals surface area contributed by atoms with Crippen LogP contribution in [0.5, 0.6) is 11.5 Å². The molecule has 0 aliphatic carbocycles. The number of thioether (sulfide) groups is 1. The first-order valence-corrected chi connectivity index (χ1v) is 9.92. The standard InChI is InChI=1S/C18H15ClF3N5O3S/c19-11-1-5-13(6-2-11)29-9-15-25-26-17(27(15)23)31-10-16(28)24-12-3-7-14(8-4-12)30-18(20,21)22/h1-8H,9-10,23H2,(H,24,28). The Kier molecular flexibility index (Phi) is 7.13. The lowest BCUT2D eigenvalue weighted by Gasteiger charge is -2.10. The fourth-order valence-corrected chi connectivity index (χ4v) is 3.05. The largest absolute Gasteiger partial charge is 0.573 e. The fourth-order valence-electron chi connectivity index (χ4n) is 2.25. The highest BCUT2D eigenvalue weighted by Crippen LogP contribution is 2.24. The Labute approximate surface area is 183 Å². The van der Waals surface area contributed by atoms with Crippen LogP contribution in [0.4, 0.5) is 18.9 Å². The smallest absolute Gasteiger partial charge is 0.486 e. The SMILES string of the molecule is Nn1c(COc2ccc(Cl)cc2)nnc1SCC(=O)Nc1ccc(OC(F)(F)F)cc1. The molecule has 1 amide bonds. The van der Waals surface area contributed by atoms with Gasteiger partial charge in [-0.25, -0.2) is 4.68 Å². The summed E-state index contributed by atoms with van der Waals surface area (Å²) in [5, 5.41) is 11.3. The summed E-state index contributed by atoms with van der Waals surface area (Å²) < 4.78 is 47.0. The Hall–Kier alpha value is -3.12. The third-order valence-corrected chi connectivity index (χ3v) is 4.82. The lowest BCUT2D eigenvalue weighted by molar-refractivity contribution is -0.274. The Balaban J connectivity index is 1.48. The third-order valence-electron chi connectivity index (χ3n) is 3.62. The molecule has 0 atom stereocenters. The molecule has 0 fully saturated rings. The van der Waals surface area contributed by atoms with Crippen LogP contribution in [-0.2, 0) is 11.4 Å². The monoisotopic (exact) mass is 473 g/mol. The van der Waals surface area contributed by atoms with Crippen LogP contribution in [0.25, 0.3) is 0 Å². The van der Waals surface area contributed by atoms with Gasteiger partial charge >= 0.3 is 6.36 Å². The molecule has 1 heterocycles. The number of nitrogens with one attached hydrogen (secondary N) is 1. The van der Waals surface area contributed by atoms with Crippen LogP contribution in [0.1, 0.15) is 5.82 Å². The third kappa shape index (κ3) is 6.96.